The van der Waals surface area contributed by atoms with Crippen LogP contribution in [0.2, 0.25) is 0 Å². The predicted octanol–water partition coefficient (Wildman–Crippen LogP) is 13.4. The Bertz CT molecular complexity index is 2370. The van der Waals surface area contributed by atoms with Gasteiger partial charge < -0.3 is 19.3 Å². The molecule has 0 saturated heterocycles. The number of carbonyl (C=O) groups excluding carboxylic acids is 1. The first kappa shape index (κ1) is 47.7. The molecule has 8 nitrogen and oxygen atoms in total. The number of carbonyl (C=O) groups is 2. The van der Waals surface area contributed by atoms with Crippen LogP contribution < -0.4 is 9.47 Å². The Balaban J connectivity index is 0.000000235. The first-order valence-corrected chi connectivity index (χ1v) is 21.6. The second kappa shape index (κ2) is 18.5. The van der Waals surface area contributed by atoms with Gasteiger partial charge in [0.15, 0.2) is 0 Å². The maximum atomic E-state index is 14.4. The van der Waals surface area contributed by atoms with Crippen LogP contribution in [-0.4, -0.2) is 46.8 Å². The molecule has 2 aliphatic carbocycles. The molecule has 0 saturated carbocycles. The molecule has 0 spiro atoms. The average Bonchev–Trinajstić information content (AvgIpc) is 3.54. The number of allylic oxidation sites excluding steroid dienone is 4. The number of ether oxygens (including phenoxy) is 3. The molecule has 6 rings (SSSR count). The summed E-state index contributed by atoms with van der Waals surface area (Å²) in [6, 6.07) is 15.8. The van der Waals surface area contributed by atoms with E-state index in [0.717, 1.165) is 24.0 Å². The Hall–Kier alpha value is -5.38. The molecule has 0 unspecified atom stereocenters. The molecule has 332 valence electrons. The number of halogens is 2. The van der Waals surface area contributed by atoms with Crippen molar-refractivity contribution in [3.05, 3.63) is 107 Å². The molecule has 0 amide bonds. The van der Waals surface area contributed by atoms with Gasteiger partial charge in [0.2, 0.25) is 0 Å². The van der Waals surface area contributed by atoms with E-state index in [1.165, 1.54) is 24.3 Å². The number of benzene rings is 2. The molecule has 0 fully saturated rings. The lowest BCUT2D eigenvalue weighted by Gasteiger charge is -2.26. The number of nitrogens with zero attached hydrogens (tertiary/aromatic N) is 2. The number of hydrogen-bond acceptors (Lipinski definition) is 7. The molecule has 0 atom stereocenters. The molecule has 2 aliphatic rings. The van der Waals surface area contributed by atoms with Gasteiger partial charge in [0, 0.05) is 23.3 Å². The van der Waals surface area contributed by atoms with Gasteiger partial charge in [-0.2, -0.15) is 0 Å². The fraction of sp³-hybridized carbons (Fsp3) is 0.462. The molecule has 62 heavy (non-hydrogen) atoms. The molecule has 1 N–H and O–H groups in total. The van der Waals surface area contributed by atoms with Gasteiger partial charge in [-0.15, -0.1) is 0 Å². The number of carboxylic acids is 1. The Kier molecular flexibility index (Phi) is 14.2. The highest BCUT2D eigenvalue weighted by molar-refractivity contribution is 5.96. The van der Waals surface area contributed by atoms with Gasteiger partial charge in [0.25, 0.3) is 0 Å². The summed E-state index contributed by atoms with van der Waals surface area (Å²) < 4.78 is 45.4. The van der Waals surface area contributed by atoms with Crippen molar-refractivity contribution in [2.75, 3.05) is 19.8 Å². The predicted molar refractivity (Wildman–Crippen MR) is 243 cm³/mol. The fourth-order valence-electron chi connectivity index (χ4n) is 8.83. The van der Waals surface area contributed by atoms with Gasteiger partial charge in [0.05, 0.1) is 53.7 Å². The average molecular weight is 851 g/mol. The normalized spacial score (nSPS) is 16.9. The van der Waals surface area contributed by atoms with Gasteiger partial charge >= 0.3 is 11.9 Å². The van der Waals surface area contributed by atoms with Crippen LogP contribution in [0, 0.1) is 45.1 Å². The van der Waals surface area contributed by atoms with Crippen molar-refractivity contribution in [3.8, 4) is 34.0 Å². The Labute approximate surface area is 366 Å². The van der Waals surface area contributed by atoms with Crippen molar-refractivity contribution in [3.63, 3.8) is 0 Å². The van der Waals surface area contributed by atoms with Crippen molar-refractivity contribution >= 4 is 23.1 Å². The van der Waals surface area contributed by atoms with E-state index in [0.29, 0.717) is 76.0 Å². The minimum atomic E-state index is -1.02. The van der Waals surface area contributed by atoms with E-state index < -0.39 is 17.8 Å². The third-order valence-electron chi connectivity index (χ3n) is 10.9. The van der Waals surface area contributed by atoms with Crippen molar-refractivity contribution in [1.82, 2.24) is 9.97 Å². The summed E-state index contributed by atoms with van der Waals surface area (Å²) in [6.45, 7) is 28.4. The third-order valence-corrected chi connectivity index (χ3v) is 10.9. The van der Waals surface area contributed by atoms with Gasteiger partial charge in [-0.1, -0.05) is 95.2 Å². The molecule has 10 heteroatoms. The lowest BCUT2D eigenvalue weighted by atomic mass is 9.79. The Morgan fingerprint density at radius 1 is 0.645 bits per heavy atom. The van der Waals surface area contributed by atoms with Crippen LogP contribution in [-0.2, 0) is 4.74 Å². The van der Waals surface area contributed by atoms with Crippen LogP contribution in [0.15, 0.2) is 72.8 Å². The lowest BCUT2D eigenvalue weighted by Crippen LogP contribution is -2.17. The maximum absolute atomic E-state index is 14.4. The van der Waals surface area contributed by atoms with E-state index in [1.807, 2.05) is 27.7 Å². The van der Waals surface area contributed by atoms with Crippen molar-refractivity contribution in [2.24, 2.45) is 33.5 Å². The molecule has 2 aromatic heterocycles. The highest BCUT2D eigenvalue weighted by atomic mass is 19.1. The minimum absolute atomic E-state index is 0.0147. The zero-order valence-corrected chi connectivity index (χ0v) is 38.8. The number of esters is 1. The van der Waals surface area contributed by atoms with E-state index in [9.17, 15) is 23.5 Å². The van der Waals surface area contributed by atoms with Crippen molar-refractivity contribution in [2.45, 2.75) is 103 Å². The van der Waals surface area contributed by atoms with Crippen LogP contribution in [0.25, 0.3) is 33.7 Å². The fourth-order valence-corrected chi connectivity index (χ4v) is 8.83. The van der Waals surface area contributed by atoms with Gasteiger partial charge in [0.1, 0.15) is 23.1 Å². The van der Waals surface area contributed by atoms with E-state index in [1.54, 1.807) is 43.3 Å². The smallest absolute Gasteiger partial charge is 0.340 e. The van der Waals surface area contributed by atoms with Crippen LogP contribution >= 0.6 is 0 Å². The molecule has 2 heterocycles. The lowest BCUT2D eigenvalue weighted by molar-refractivity contribution is 0.0524. The Morgan fingerprint density at radius 3 is 1.40 bits per heavy atom. The monoisotopic (exact) mass is 850 g/mol. The number of aromatic nitrogens is 2. The topological polar surface area (TPSA) is 108 Å². The summed E-state index contributed by atoms with van der Waals surface area (Å²) in [4.78, 5) is 34.2. The molecule has 0 aliphatic heterocycles. The van der Waals surface area contributed by atoms with Crippen LogP contribution in [0.5, 0.6) is 11.5 Å². The van der Waals surface area contributed by atoms with Gasteiger partial charge in [-0.05, 0) is 113 Å². The third kappa shape index (κ3) is 11.7. The summed E-state index contributed by atoms with van der Waals surface area (Å²) in [7, 11) is 0. The van der Waals surface area contributed by atoms with E-state index in [-0.39, 0.29) is 39.6 Å². The highest BCUT2D eigenvalue weighted by Crippen LogP contribution is 2.53. The maximum Gasteiger partial charge on any atom is 0.340 e. The van der Waals surface area contributed by atoms with E-state index in [2.05, 4.69) is 67.5 Å². The largest absolute Gasteiger partial charge is 0.493 e. The molecular weight excluding hydrogens is 787 g/mol. The number of aromatic carboxylic acids is 1. The highest BCUT2D eigenvalue weighted by Gasteiger charge is 2.41. The summed E-state index contributed by atoms with van der Waals surface area (Å²) in [5.41, 5.74) is 5.39. The first-order valence-electron chi connectivity index (χ1n) is 21.6. The second-order valence-corrected chi connectivity index (χ2v) is 20.2. The minimum Gasteiger partial charge on any atom is -0.493 e. The zero-order chi connectivity index (χ0) is 45.9. The van der Waals surface area contributed by atoms with Crippen molar-refractivity contribution < 1.29 is 37.7 Å². The zero-order valence-electron chi connectivity index (χ0n) is 38.8. The molecular formula is C52H64F2N2O6. The summed E-state index contributed by atoms with van der Waals surface area (Å²) in [6.07, 6.45) is 6.16. The summed E-state index contributed by atoms with van der Waals surface area (Å²) in [5.74, 6) is -0.682. The quantitative estimate of drug-likeness (QED) is 0.133. The van der Waals surface area contributed by atoms with Crippen molar-refractivity contribution in [1.29, 1.82) is 0 Å². The molecule has 2 aromatic carbocycles. The van der Waals surface area contributed by atoms with Gasteiger partial charge in [-0.25, -0.2) is 28.3 Å². The first-order chi connectivity index (χ1) is 28.8. The Morgan fingerprint density at radius 2 is 1.05 bits per heavy atom. The SMILES string of the molecule is CC(C)COc1cc(F)cc(-c2ccc(C(=O)O)c(C3=CC(C)(C)CC3(C)C)n2)c1.CCOC(=O)c1ccc(-c2cc(F)cc(OCC(C)C)c2)nc1C1=CC(C)(C)CC1(C)C. The number of hydrogen-bond donors (Lipinski definition) is 1. The number of pyridine rings is 2. The van der Waals surface area contributed by atoms with Gasteiger partial charge in [-0.3, -0.25) is 0 Å². The summed E-state index contributed by atoms with van der Waals surface area (Å²) >= 11 is 0. The summed E-state index contributed by atoms with van der Waals surface area (Å²) in [5, 5.41) is 9.75. The van der Waals surface area contributed by atoms with E-state index in [4.69, 9.17) is 24.2 Å². The molecule has 4 aromatic rings. The number of carboxylic acid groups (broad SMARTS) is 1. The van der Waals surface area contributed by atoms with Crippen LogP contribution in [0.4, 0.5) is 8.78 Å². The molecule has 0 radical (unpaired) electrons. The standard InChI is InChI=1S/C27H34FNO3.C25H30FNO3/c1-8-31-25(30)21-9-10-23(18-11-19(28)13-20(12-18)32-15-17(2)3)29-24(21)22-14-26(4,5)16-27(22,6)7;1-15(2)13-30-18-10-16(9-17(26)11-18)21-8-7-19(23(28)29)22(27-21)20-12-24(3,4)14-25(20,5)6/h9-14,17H,8,15-16H2,1-7H3;7-12,15H,13-14H2,1-6H3,(H,28,29). The second-order valence-electron chi connectivity index (χ2n) is 20.2. The van der Waals surface area contributed by atoms with Crippen LogP contribution in [0.1, 0.15) is 135 Å². The van der Waals surface area contributed by atoms with E-state index >= 15 is 0 Å². The number of rotatable bonds is 13. The molecule has 0 bridgehead atoms. The van der Waals surface area contributed by atoms with Crippen LogP contribution in [0.3, 0.4) is 0 Å².